The molecule has 0 bridgehead atoms. The van der Waals surface area contributed by atoms with Gasteiger partial charge in [-0.1, -0.05) is 30.3 Å². The number of aromatic nitrogens is 1. The van der Waals surface area contributed by atoms with Gasteiger partial charge in [0.1, 0.15) is 13.7 Å². The second-order valence-electron chi connectivity index (χ2n) is 8.74. The largest absolute Gasteiger partial charge is 0.478 e. The summed E-state index contributed by atoms with van der Waals surface area (Å²) in [6, 6.07) is 15.9. The molecule has 0 fully saturated rings. The number of para-hydroxylation sites is 2. The van der Waals surface area contributed by atoms with E-state index in [9.17, 15) is 19.5 Å². The van der Waals surface area contributed by atoms with Crippen molar-refractivity contribution in [2.45, 2.75) is 12.6 Å². The number of hydrogen-bond donors (Lipinski definition) is 2. The summed E-state index contributed by atoms with van der Waals surface area (Å²) >= 11 is 0. The third-order valence-electron chi connectivity index (χ3n) is 6.74. The molecule has 0 saturated heterocycles. The number of carboxylic acid groups (broad SMARTS) is 1. The number of pyridine rings is 1. The molecule has 8 heteroatoms. The van der Waals surface area contributed by atoms with Crippen molar-refractivity contribution in [1.82, 2.24) is 0 Å². The number of anilines is 1. The molecule has 2 N–H and O–H groups in total. The Labute approximate surface area is 205 Å². The highest BCUT2D eigenvalue weighted by atomic mass is 17.1. The fourth-order valence-electron chi connectivity index (χ4n) is 4.78. The van der Waals surface area contributed by atoms with E-state index in [2.05, 4.69) is 4.89 Å². The molecule has 1 unspecified atom stereocenters. The van der Waals surface area contributed by atoms with Gasteiger partial charge in [-0.15, -0.1) is 0 Å². The Bertz CT molecular complexity index is 1730. The lowest BCUT2D eigenvalue weighted by Gasteiger charge is -2.32. The molecule has 1 atom stereocenters. The van der Waals surface area contributed by atoms with E-state index in [0.717, 1.165) is 10.9 Å². The Morgan fingerprint density at radius 2 is 1.78 bits per heavy atom. The maximum atomic E-state index is 13.0. The molecule has 0 radical (unpaired) electrons. The van der Waals surface area contributed by atoms with Crippen LogP contribution in [0, 0.1) is 0 Å². The Morgan fingerprint density at radius 1 is 1.08 bits per heavy atom. The van der Waals surface area contributed by atoms with E-state index < -0.39 is 22.9 Å². The third kappa shape index (κ3) is 3.73. The number of rotatable bonds is 5. The standard InChI is InChI=1S/C28H22N2O6/c1-29-17(11-16(15-36-35)19-7-3-5-9-24(19)29)13-22-26(31)23(27(22)32)14-18-12-21(28(33)34)20-8-4-6-10-25(20)30(18)2/h3-14,18H,15H2,1-2H3,(H-,33,34,35)/p+1. The Balaban J connectivity index is 1.62. The SMILES string of the molecule is CN1c2ccccc2C(C(=O)O)=CC1C=c1c(=O)c(=Cc2cc(COO)c3ccccc3[n+]2C)c1=O. The average Bonchev–Trinajstić information content (AvgIpc) is 2.89. The molecule has 0 aliphatic carbocycles. The summed E-state index contributed by atoms with van der Waals surface area (Å²) in [6.45, 7) is -0.0433. The van der Waals surface area contributed by atoms with Gasteiger partial charge >= 0.3 is 5.97 Å². The summed E-state index contributed by atoms with van der Waals surface area (Å²) in [5.74, 6) is -1.07. The van der Waals surface area contributed by atoms with Crippen LogP contribution in [-0.2, 0) is 23.3 Å². The van der Waals surface area contributed by atoms with Gasteiger partial charge in [0, 0.05) is 42.1 Å². The molecule has 0 amide bonds. The molecular formula is C28H23N2O6+. The summed E-state index contributed by atoms with van der Waals surface area (Å²) in [7, 11) is 3.62. The number of aliphatic carboxylic acids is 1. The first-order chi connectivity index (χ1) is 17.3. The second-order valence-corrected chi connectivity index (χ2v) is 8.74. The van der Waals surface area contributed by atoms with Crippen LogP contribution in [0.3, 0.4) is 0 Å². The van der Waals surface area contributed by atoms with E-state index in [4.69, 9.17) is 5.26 Å². The van der Waals surface area contributed by atoms with Gasteiger partial charge in [0.2, 0.25) is 22.1 Å². The van der Waals surface area contributed by atoms with Crippen molar-refractivity contribution in [2.75, 3.05) is 11.9 Å². The third-order valence-corrected chi connectivity index (χ3v) is 6.74. The van der Waals surface area contributed by atoms with Gasteiger partial charge in [-0.3, -0.25) is 14.8 Å². The number of benzene rings is 2. The van der Waals surface area contributed by atoms with E-state index in [-0.39, 0.29) is 22.6 Å². The number of fused-ring (bicyclic) bond motifs is 2. The van der Waals surface area contributed by atoms with Crippen molar-refractivity contribution < 1.29 is 24.6 Å². The maximum absolute atomic E-state index is 13.0. The first-order valence-electron chi connectivity index (χ1n) is 11.3. The number of carboxylic acids is 1. The first kappa shape index (κ1) is 23.3. The molecule has 8 nitrogen and oxygen atoms in total. The zero-order valence-corrected chi connectivity index (χ0v) is 19.6. The molecule has 3 aromatic carbocycles. The normalized spacial score (nSPS) is 15.0. The molecule has 0 saturated carbocycles. The van der Waals surface area contributed by atoms with Crippen molar-refractivity contribution in [2.24, 2.45) is 7.05 Å². The van der Waals surface area contributed by atoms with Crippen molar-refractivity contribution in [3.05, 3.63) is 108 Å². The van der Waals surface area contributed by atoms with Crippen molar-refractivity contribution in [3.8, 4) is 0 Å². The monoisotopic (exact) mass is 483 g/mol. The molecule has 2 heterocycles. The molecule has 5 rings (SSSR count). The predicted molar refractivity (Wildman–Crippen MR) is 135 cm³/mol. The Hall–Kier alpha value is -4.40. The number of aryl methyl sites for hydroxylation is 1. The lowest BCUT2D eigenvalue weighted by Crippen LogP contribution is -2.65. The van der Waals surface area contributed by atoms with Crippen LogP contribution in [0.4, 0.5) is 5.69 Å². The maximum Gasteiger partial charge on any atom is 0.336 e. The minimum Gasteiger partial charge on any atom is -0.478 e. The number of hydrogen-bond acceptors (Lipinski definition) is 6. The van der Waals surface area contributed by atoms with Gasteiger partial charge in [-0.05, 0) is 24.3 Å². The Morgan fingerprint density at radius 3 is 2.50 bits per heavy atom. The van der Waals surface area contributed by atoms with Gasteiger partial charge in [-0.25, -0.2) is 9.68 Å². The number of carbonyl (C=O) groups is 1. The first-order valence-corrected chi connectivity index (χ1v) is 11.3. The van der Waals surface area contributed by atoms with Gasteiger partial charge < -0.3 is 10.0 Å². The van der Waals surface area contributed by atoms with Gasteiger partial charge in [-0.2, -0.15) is 4.57 Å². The van der Waals surface area contributed by atoms with Gasteiger partial charge in [0.05, 0.1) is 27.4 Å². The van der Waals surface area contributed by atoms with E-state index in [1.807, 2.05) is 46.8 Å². The summed E-state index contributed by atoms with van der Waals surface area (Å²) < 4.78 is 1.86. The van der Waals surface area contributed by atoms with E-state index in [0.29, 0.717) is 22.5 Å². The fraction of sp³-hybridized carbons (Fsp3) is 0.143. The number of likely N-dealkylation sites (N-methyl/N-ethyl adjacent to an activating group) is 1. The quantitative estimate of drug-likeness (QED) is 0.246. The van der Waals surface area contributed by atoms with Crippen LogP contribution in [0.2, 0.25) is 0 Å². The zero-order chi connectivity index (χ0) is 25.6. The minimum atomic E-state index is -1.07. The molecule has 0 spiro atoms. The minimum absolute atomic E-state index is 0.0285. The van der Waals surface area contributed by atoms with Crippen molar-refractivity contribution >= 4 is 40.3 Å². The fourth-order valence-corrected chi connectivity index (χ4v) is 4.78. The lowest BCUT2D eigenvalue weighted by atomic mass is 9.94. The van der Waals surface area contributed by atoms with Crippen LogP contribution >= 0.6 is 0 Å². The van der Waals surface area contributed by atoms with E-state index in [1.54, 1.807) is 37.4 Å². The van der Waals surface area contributed by atoms with Gasteiger partial charge in [0.25, 0.3) is 0 Å². The summed E-state index contributed by atoms with van der Waals surface area (Å²) in [6.07, 6.45) is 4.60. The molecule has 1 aliphatic heterocycles. The average molecular weight is 484 g/mol. The zero-order valence-electron chi connectivity index (χ0n) is 19.6. The Kier molecular flexibility index (Phi) is 5.83. The predicted octanol–water partition coefficient (Wildman–Crippen LogP) is 0.846. The molecule has 1 aromatic heterocycles. The van der Waals surface area contributed by atoms with Crippen LogP contribution in [0.15, 0.2) is 70.3 Å². The molecule has 36 heavy (non-hydrogen) atoms. The molecule has 180 valence electrons. The lowest BCUT2D eigenvalue weighted by molar-refractivity contribution is -0.646. The van der Waals surface area contributed by atoms with E-state index >= 15 is 0 Å². The summed E-state index contributed by atoms with van der Waals surface area (Å²) in [5.41, 5.74) is 2.79. The second kappa shape index (κ2) is 8.99. The number of nitrogens with zero attached hydrogens (tertiary/aromatic N) is 2. The highest BCUT2D eigenvalue weighted by Crippen LogP contribution is 2.33. The van der Waals surface area contributed by atoms with Crippen molar-refractivity contribution in [3.63, 3.8) is 0 Å². The highest BCUT2D eigenvalue weighted by Gasteiger charge is 2.26. The molecule has 4 aromatic rings. The topological polar surface area (TPSA) is 108 Å². The molecule has 1 aliphatic rings. The van der Waals surface area contributed by atoms with Crippen LogP contribution in [0.25, 0.3) is 28.6 Å². The molecular weight excluding hydrogens is 460 g/mol. The van der Waals surface area contributed by atoms with E-state index in [1.165, 1.54) is 12.2 Å². The smallest absolute Gasteiger partial charge is 0.336 e. The van der Waals surface area contributed by atoms with Crippen LogP contribution in [-0.4, -0.2) is 29.4 Å². The van der Waals surface area contributed by atoms with Crippen LogP contribution in [0.1, 0.15) is 16.8 Å². The highest BCUT2D eigenvalue weighted by molar-refractivity contribution is 6.18. The van der Waals surface area contributed by atoms with Crippen LogP contribution in [0.5, 0.6) is 0 Å². The summed E-state index contributed by atoms with van der Waals surface area (Å²) in [4.78, 5) is 44.1. The van der Waals surface area contributed by atoms with Gasteiger partial charge in [0.15, 0.2) is 0 Å². The van der Waals surface area contributed by atoms with Crippen LogP contribution < -0.4 is 30.8 Å². The summed E-state index contributed by atoms with van der Waals surface area (Å²) in [5, 5.41) is 19.6. The van der Waals surface area contributed by atoms with Crippen molar-refractivity contribution in [1.29, 1.82) is 0 Å².